The van der Waals surface area contributed by atoms with E-state index < -0.39 is 0 Å². The van der Waals surface area contributed by atoms with Gasteiger partial charge >= 0.3 is 0 Å². The Hall–Kier alpha value is -7.16. The molecule has 0 aliphatic heterocycles. The van der Waals surface area contributed by atoms with E-state index in [0.717, 1.165) is 28.1 Å². The summed E-state index contributed by atoms with van der Waals surface area (Å²) in [5.74, 6) is 0. The van der Waals surface area contributed by atoms with Gasteiger partial charge in [0, 0.05) is 33.3 Å². The van der Waals surface area contributed by atoms with Crippen molar-refractivity contribution >= 4 is 21.8 Å². The lowest BCUT2D eigenvalue weighted by Gasteiger charge is -2.16. The van der Waals surface area contributed by atoms with Crippen molar-refractivity contribution in [2.75, 3.05) is 0 Å². The second-order valence-corrected chi connectivity index (χ2v) is 13.7. The number of hydrogen-bond acceptors (Lipinski definition) is 0. The third kappa shape index (κ3) is 5.36. The van der Waals surface area contributed by atoms with Crippen molar-refractivity contribution in [3.05, 3.63) is 218 Å². The fourth-order valence-electron chi connectivity index (χ4n) is 8.13. The Morgan fingerprint density at radius 3 is 0.981 bits per heavy atom. The summed E-state index contributed by atoms with van der Waals surface area (Å²) in [6.45, 7) is 0. The molecule has 0 radical (unpaired) electrons. The van der Waals surface area contributed by atoms with E-state index in [4.69, 9.17) is 0 Å². The highest BCUT2D eigenvalue weighted by molar-refractivity contribution is 6.16. The first-order valence-corrected chi connectivity index (χ1v) is 18.5. The zero-order valence-corrected chi connectivity index (χ0v) is 29.7. The quantitative estimate of drug-likeness (QED) is 0.158. The highest BCUT2D eigenvalue weighted by atomic mass is 15.0. The average molecular weight is 689 g/mol. The monoisotopic (exact) mass is 688 g/mol. The Labute approximate surface area is 315 Å². The second kappa shape index (κ2) is 13.4. The number of para-hydroxylation sites is 3. The maximum atomic E-state index is 2.47. The molecule has 0 amide bonds. The molecule has 0 fully saturated rings. The molecule has 2 heteroatoms. The lowest BCUT2D eigenvalue weighted by atomic mass is 9.93. The molecule has 0 N–H and O–H groups in total. The van der Waals surface area contributed by atoms with Crippen molar-refractivity contribution in [2.45, 2.75) is 0 Å². The first-order chi connectivity index (χ1) is 26.8. The Morgan fingerprint density at radius 2 is 0.519 bits per heavy atom. The van der Waals surface area contributed by atoms with Gasteiger partial charge < -0.3 is 9.13 Å². The summed E-state index contributed by atoms with van der Waals surface area (Å²) < 4.78 is 4.92. The predicted molar refractivity (Wildman–Crippen MR) is 227 cm³/mol. The first kappa shape index (κ1) is 31.6. The Bertz CT molecular complexity index is 2870. The summed E-state index contributed by atoms with van der Waals surface area (Å²) in [5, 5.41) is 2.42. The fourth-order valence-corrected chi connectivity index (χ4v) is 8.13. The molecule has 2 heterocycles. The van der Waals surface area contributed by atoms with E-state index in [0.29, 0.717) is 0 Å². The zero-order chi connectivity index (χ0) is 35.8. The van der Waals surface area contributed by atoms with Crippen molar-refractivity contribution < 1.29 is 0 Å². The predicted octanol–water partition coefficient (Wildman–Crippen LogP) is 13.9. The third-order valence-electron chi connectivity index (χ3n) is 10.6. The maximum Gasteiger partial charge on any atom is 0.0620 e. The summed E-state index contributed by atoms with van der Waals surface area (Å²) in [6, 6.07) is 78.8. The van der Waals surface area contributed by atoms with Gasteiger partial charge in [-0.2, -0.15) is 0 Å². The van der Waals surface area contributed by atoms with Crippen molar-refractivity contribution in [2.24, 2.45) is 0 Å². The molecule has 2 aromatic heterocycles. The van der Waals surface area contributed by atoms with Gasteiger partial charge in [0.2, 0.25) is 0 Å². The molecule has 8 aromatic carbocycles. The van der Waals surface area contributed by atoms with E-state index in [-0.39, 0.29) is 0 Å². The van der Waals surface area contributed by atoms with E-state index in [1.807, 2.05) is 0 Å². The number of hydrogen-bond donors (Lipinski definition) is 0. The van der Waals surface area contributed by atoms with Crippen LogP contribution < -0.4 is 0 Å². The van der Waals surface area contributed by atoms with Gasteiger partial charge in [-0.05, 0) is 69.8 Å². The molecule has 0 bridgehead atoms. The zero-order valence-electron chi connectivity index (χ0n) is 29.7. The minimum atomic E-state index is 1.12. The van der Waals surface area contributed by atoms with Gasteiger partial charge in [0.05, 0.1) is 22.4 Å². The number of rotatable bonds is 7. The molecule has 10 aromatic rings. The van der Waals surface area contributed by atoms with Gasteiger partial charge in [-0.1, -0.05) is 182 Å². The highest BCUT2D eigenvalue weighted by Crippen LogP contribution is 2.50. The third-order valence-corrected chi connectivity index (χ3v) is 10.6. The Morgan fingerprint density at radius 1 is 0.222 bits per heavy atom. The van der Waals surface area contributed by atoms with Crippen LogP contribution >= 0.6 is 0 Å². The van der Waals surface area contributed by atoms with Crippen LogP contribution in [0.25, 0.3) is 89.1 Å². The normalized spacial score (nSPS) is 11.3. The van der Waals surface area contributed by atoms with Gasteiger partial charge in [0.15, 0.2) is 0 Å². The molecule has 10 rings (SSSR count). The smallest absolute Gasteiger partial charge is 0.0620 e. The van der Waals surface area contributed by atoms with E-state index in [2.05, 4.69) is 228 Å². The molecule has 0 saturated heterocycles. The molecule has 54 heavy (non-hydrogen) atoms. The number of fused-ring (bicyclic) bond motifs is 2. The van der Waals surface area contributed by atoms with Gasteiger partial charge in [-0.3, -0.25) is 0 Å². The van der Waals surface area contributed by atoms with E-state index >= 15 is 0 Å². The van der Waals surface area contributed by atoms with Crippen molar-refractivity contribution in [1.29, 1.82) is 0 Å². The van der Waals surface area contributed by atoms with Crippen LogP contribution in [0.3, 0.4) is 0 Å². The van der Waals surface area contributed by atoms with E-state index in [1.54, 1.807) is 0 Å². The van der Waals surface area contributed by atoms with Gasteiger partial charge in [-0.15, -0.1) is 0 Å². The summed E-state index contributed by atoms with van der Waals surface area (Å²) >= 11 is 0. The largest absolute Gasteiger partial charge is 0.309 e. The van der Waals surface area contributed by atoms with Crippen LogP contribution in [0, 0.1) is 0 Å². The van der Waals surface area contributed by atoms with E-state index in [1.165, 1.54) is 60.9 Å². The van der Waals surface area contributed by atoms with Crippen LogP contribution in [0.15, 0.2) is 218 Å². The molecule has 0 saturated carbocycles. The first-order valence-electron chi connectivity index (χ1n) is 18.5. The van der Waals surface area contributed by atoms with Gasteiger partial charge in [0.25, 0.3) is 0 Å². The van der Waals surface area contributed by atoms with Crippen LogP contribution in [-0.4, -0.2) is 9.13 Å². The number of aromatic nitrogens is 2. The fraction of sp³-hybridized carbons (Fsp3) is 0. The van der Waals surface area contributed by atoms with E-state index in [9.17, 15) is 0 Å². The van der Waals surface area contributed by atoms with Crippen molar-refractivity contribution in [3.63, 3.8) is 0 Å². The van der Waals surface area contributed by atoms with Crippen LogP contribution in [-0.2, 0) is 0 Å². The molecule has 254 valence electrons. The van der Waals surface area contributed by atoms with Crippen LogP contribution in [0.1, 0.15) is 0 Å². The van der Waals surface area contributed by atoms with Crippen molar-refractivity contribution in [1.82, 2.24) is 9.13 Å². The van der Waals surface area contributed by atoms with Crippen LogP contribution in [0.2, 0.25) is 0 Å². The topological polar surface area (TPSA) is 9.86 Å². The molecule has 2 nitrogen and oxygen atoms in total. The number of nitrogens with zero attached hydrogens (tertiary/aromatic N) is 2. The minimum absolute atomic E-state index is 1.12. The standard InChI is InChI=1S/C52H36N2/c1-5-17-37(18-6-1)39-29-31-42(32-30-39)52-50(46-26-14-16-28-48(46)54(52)44-35-33-40(34-36-44)38-19-7-2-8-20-38)49-45-25-13-15-27-47(45)53(43-23-11-4-12-24-43)51(49)41-21-9-3-10-22-41/h1-36H. The summed E-state index contributed by atoms with van der Waals surface area (Å²) in [6.07, 6.45) is 0. The average Bonchev–Trinajstić information content (AvgIpc) is 3.78. The Kier molecular flexibility index (Phi) is 7.85. The SMILES string of the molecule is c1ccc(-c2ccc(-c3c(-c4c(-c5ccccc5)n(-c5ccccc5)c5ccccc45)c4ccccc4n3-c3ccc(-c4ccccc4)cc3)cc2)cc1. The number of benzene rings is 8. The van der Waals surface area contributed by atoms with Gasteiger partial charge in [-0.25, -0.2) is 0 Å². The van der Waals surface area contributed by atoms with Crippen LogP contribution in [0.4, 0.5) is 0 Å². The lowest BCUT2D eigenvalue weighted by Crippen LogP contribution is -1.99. The van der Waals surface area contributed by atoms with Crippen LogP contribution in [0.5, 0.6) is 0 Å². The minimum Gasteiger partial charge on any atom is -0.309 e. The highest BCUT2D eigenvalue weighted by Gasteiger charge is 2.28. The van der Waals surface area contributed by atoms with Crippen molar-refractivity contribution in [3.8, 4) is 67.3 Å². The summed E-state index contributed by atoms with van der Waals surface area (Å²) in [5.41, 5.74) is 16.5. The second-order valence-electron chi connectivity index (χ2n) is 13.7. The maximum absolute atomic E-state index is 2.47. The van der Waals surface area contributed by atoms with Gasteiger partial charge in [0.1, 0.15) is 0 Å². The molecule has 0 spiro atoms. The molecule has 0 aliphatic rings. The summed E-state index contributed by atoms with van der Waals surface area (Å²) in [4.78, 5) is 0. The summed E-state index contributed by atoms with van der Waals surface area (Å²) in [7, 11) is 0. The molecular formula is C52H36N2. The molecular weight excluding hydrogens is 653 g/mol. The molecule has 0 atom stereocenters. The Balaban J connectivity index is 1.32. The lowest BCUT2D eigenvalue weighted by molar-refractivity contribution is 1.13. The molecule has 0 unspecified atom stereocenters. The molecule has 0 aliphatic carbocycles.